The van der Waals surface area contributed by atoms with E-state index in [1.54, 1.807) is 59.5 Å². The Morgan fingerprint density at radius 2 is 1.70 bits per heavy atom. The van der Waals surface area contributed by atoms with Crippen LogP contribution in [0.5, 0.6) is 17.4 Å². The number of carboxylic acids is 1. The molecule has 15 nitrogen and oxygen atoms in total. The van der Waals surface area contributed by atoms with Crippen molar-refractivity contribution < 1.29 is 42.8 Å². The Hall–Kier alpha value is -7.21. The van der Waals surface area contributed by atoms with Gasteiger partial charge in [-0.2, -0.15) is 0 Å². The fraction of sp³-hybridized carbons (Fsp3) is 0.302. The third-order valence-corrected chi connectivity index (χ3v) is 13.9. The first kappa shape index (κ1) is 48.8. The number of thiophene rings is 1. The average molecular weight is 1000 g/mol. The van der Waals surface area contributed by atoms with Crippen LogP contribution in [0.2, 0.25) is 5.02 Å². The molecule has 0 radical (unpaired) electrons. The summed E-state index contributed by atoms with van der Waals surface area (Å²) in [5.41, 5.74) is 4.78. The summed E-state index contributed by atoms with van der Waals surface area (Å²) in [5.74, 6) is -0.497. The molecule has 7 aromatic rings. The van der Waals surface area contributed by atoms with Crippen molar-refractivity contribution in [3.8, 4) is 50.3 Å². The number of carboxylic acid groups (broad SMARTS) is 1. The molecule has 4 bridgehead atoms. The Balaban J connectivity index is 1.11. The normalized spacial score (nSPS) is 15.4. The second-order valence-corrected chi connectivity index (χ2v) is 19.6. The summed E-state index contributed by atoms with van der Waals surface area (Å²) in [4.78, 5) is 66.2. The number of methoxy groups -OCH3 is 1. The molecule has 0 unspecified atom stereocenters. The van der Waals surface area contributed by atoms with E-state index in [1.165, 1.54) is 29.8 Å². The summed E-state index contributed by atoms with van der Waals surface area (Å²) >= 11 is 8.73. The maximum Gasteiger partial charge on any atom is 0.410 e. The molecule has 0 aliphatic carbocycles. The molecule has 3 aliphatic heterocycles. The van der Waals surface area contributed by atoms with Crippen molar-refractivity contribution in [1.29, 1.82) is 0 Å². The fourth-order valence-electron chi connectivity index (χ4n) is 8.72. The summed E-state index contributed by atoms with van der Waals surface area (Å²) in [6, 6.07) is 24.2. The van der Waals surface area contributed by atoms with E-state index in [9.17, 15) is 23.9 Å². The second-order valence-electron chi connectivity index (χ2n) is 18.2. The van der Waals surface area contributed by atoms with E-state index >= 15 is 0 Å². The van der Waals surface area contributed by atoms with Gasteiger partial charge in [0.25, 0.3) is 0 Å². The topological polar surface area (TPSA) is 170 Å². The first-order chi connectivity index (χ1) is 34.1. The van der Waals surface area contributed by atoms with Gasteiger partial charge in [-0.25, -0.2) is 33.9 Å². The van der Waals surface area contributed by atoms with Crippen LogP contribution in [0.1, 0.15) is 43.2 Å². The number of aliphatic carboxylic acids is 1. The quantitative estimate of drug-likeness (QED) is 0.138. The van der Waals surface area contributed by atoms with Gasteiger partial charge < -0.3 is 33.9 Å². The monoisotopic (exact) mass is 999 g/mol. The lowest BCUT2D eigenvalue weighted by atomic mass is 9.95. The molecule has 1 atom stereocenters. The number of hydrogen-bond acceptors (Lipinski definition) is 13. The Labute approximate surface area is 418 Å². The average Bonchev–Trinajstić information content (AvgIpc) is 3.74. The molecule has 0 spiro atoms. The third-order valence-electron chi connectivity index (χ3n) is 12.3. The summed E-state index contributed by atoms with van der Waals surface area (Å²) in [5, 5.41) is 11.6. The first-order valence-electron chi connectivity index (χ1n) is 23.1. The van der Waals surface area contributed by atoms with Crippen LogP contribution in [0.4, 0.5) is 14.9 Å². The van der Waals surface area contributed by atoms with Crippen LogP contribution in [-0.2, 0) is 33.8 Å². The number of piperazine rings is 1. The predicted octanol–water partition coefficient (Wildman–Crippen LogP) is 9.69. The number of benzene rings is 4. The standard InChI is InChI=1S/C53H51ClFN7O8S/c1-31-37-15-16-39(46(31)54)62(25-22-60-20-23-61(24-21-60)52(66)70-53(2,3)4)43(63)27-32-10-17-40(68-29-36-18-19-56-48(59-36)38-8-6-7-9-41(38)67-5)34(26-32)28-42(51(64)65)69-49-45-44(37)47(71-50(45)58-30-57-49)33-11-13-35(55)14-12-33/h6-19,26,30,42H,20-25,27-29H2,1-5H3,(H,64,65)/t42-/m1/s1. The minimum absolute atomic E-state index is 0.00123. The van der Waals surface area contributed by atoms with E-state index in [0.717, 1.165) is 0 Å². The lowest BCUT2D eigenvalue weighted by Gasteiger charge is -2.36. The van der Waals surface area contributed by atoms with E-state index in [1.807, 2.05) is 64.1 Å². The number of hydrogen-bond donors (Lipinski definition) is 1. The number of ether oxygens (including phenoxy) is 4. The Bertz CT molecular complexity index is 3140. The van der Waals surface area contributed by atoms with Crippen molar-refractivity contribution in [2.75, 3.05) is 51.3 Å². The van der Waals surface area contributed by atoms with Gasteiger partial charge in [-0.1, -0.05) is 54.1 Å². The van der Waals surface area contributed by atoms with Gasteiger partial charge in [-0.3, -0.25) is 9.69 Å². The molecule has 3 aliphatic rings. The van der Waals surface area contributed by atoms with Gasteiger partial charge in [0, 0.05) is 62.3 Å². The van der Waals surface area contributed by atoms with Crippen molar-refractivity contribution in [2.45, 2.75) is 58.8 Å². The molecular formula is C53H51ClFN7O8S. The molecule has 2 amide bonds. The van der Waals surface area contributed by atoms with Gasteiger partial charge in [-0.15, -0.1) is 11.3 Å². The third kappa shape index (κ3) is 10.8. The molecule has 1 fully saturated rings. The zero-order valence-electron chi connectivity index (χ0n) is 39.8. The van der Waals surface area contributed by atoms with Gasteiger partial charge >= 0.3 is 12.1 Å². The summed E-state index contributed by atoms with van der Waals surface area (Å²) in [7, 11) is 1.58. The number of anilines is 1. The minimum Gasteiger partial charge on any atom is -0.496 e. The van der Waals surface area contributed by atoms with Crippen LogP contribution in [0.3, 0.4) is 0 Å². The lowest BCUT2D eigenvalue weighted by molar-refractivity contribution is -0.145. The van der Waals surface area contributed by atoms with E-state index in [2.05, 4.69) is 19.9 Å². The van der Waals surface area contributed by atoms with Crippen molar-refractivity contribution >= 4 is 56.8 Å². The number of nitrogens with zero attached hydrogens (tertiary/aromatic N) is 7. The summed E-state index contributed by atoms with van der Waals surface area (Å²) < 4.78 is 38.4. The number of carbonyl (C=O) groups excluding carboxylic acids is 2. The number of para-hydroxylation sites is 1. The number of amides is 2. The van der Waals surface area contributed by atoms with Gasteiger partial charge in [0.15, 0.2) is 5.82 Å². The SMILES string of the molecule is COc1ccccc1-c1nccc(COc2ccc3cc2C[C@H](C(=O)O)Oc2ncnc4sc(-c5ccc(F)cc5)c(c24)-c2ccc(c(Cl)c2C)N(CCN2CCN(C(=O)OC(C)(C)C)CC2)C(=O)C3)n1. The first-order valence-corrected chi connectivity index (χ1v) is 24.3. The molecule has 6 heterocycles. The summed E-state index contributed by atoms with van der Waals surface area (Å²) in [6.45, 7) is 10.2. The zero-order chi connectivity index (χ0) is 50.0. The highest BCUT2D eigenvalue weighted by molar-refractivity contribution is 7.22. The van der Waals surface area contributed by atoms with Crippen LogP contribution in [0.15, 0.2) is 97.5 Å². The molecule has 1 N–H and O–H groups in total. The highest BCUT2D eigenvalue weighted by atomic mass is 35.5. The highest BCUT2D eigenvalue weighted by Crippen LogP contribution is 2.50. The van der Waals surface area contributed by atoms with Crippen molar-refractivity contribution in [3.63, 3.8) is 0 Å². The van der Waals surface area contributed by atoms with Crippen LogP contribution in [0.25, 0.3) is 43.2 Å². The molecule has 3 aromatic heterocycles. The zero-order valence-corrected chi connectivity index (χ0v) is 41.4. The minimum atomic E-state index is -1.49. The number of fused-ring (bicyclic) bond motifs is 6. The Morgan fingerprint density at radius 3 is 2.45 bits per heavy atom. The van der Waals surface area contributed by atoms with Crippen LogP contribution >= 0.6 is 22.9 Å². The molecule has 18 heteroatoms. The number of halogens is 2. The molecule has 10 rings (SSSR count). The van der Waals surface area contributed by atoms with Gasteiger partial charge in [0.2, 0.25) is 17.9 Å². The molecule has 4 aromatic carbocycles. The highest BCUT2D eigenvalue weighted by Gasteiger charge is 2.32. The van der Waals surface area contributed by atoms with Crippen LogP contribution < -0.4 is 19.1 Å². The number of rotatable bonds is 10. The lowest BCUT2D eigenvalue weighted by Crippen LogP contribution is -2.51. The van der Waals surface area contributed by atoms with E-state index in [0.29, 0.717) is 120 Å². The van der Waals surface area contributed by atoms with Crippen molar-refractivity contribution in [2.24, 2.45) is 0 Å². The molecule has 1 saturated heterocycles. The van der Waals surface area contributed by atoms with Crippen LogP contribution in [-0.4, -0.2) is 111 Å². The van der Waals surface area contributed by atoms with Gasteiger partial charge in [0.05, 0.1) is 40.9 Å². The predicted molar refractivity (Wildman–Crippen MR) is 269 cm³/mol. The van der Waals surface area contributed by atoms with Crippen molar-refractivity contribution in [3.05, 3.63) is 131 Å². The fourth-order valence-corrected chi connectivity index (χ4v) is 10.1. The Kier molecular flexibility index (Phi) is 14.2. The van der Waals surface area contributed by atoms with E-state index < -0.39 is 23.5 Å². The van der Waals surface area contributed by atoms with Crippen molar-refractivity contribution in [1.82, 2.24) is 29.7 Å². The largest absolute Gasteiger partial charge is 0.496 e. The smallest absolute Gasteiger partial charge is 0.410 e. The Morgan fingerprint density at radius 1 is 0.930 bits per heavy atom. The van der Waals surface area contributed by atoms with E-state index in [-0.39, 0.29) is 43.9 Å². The van der Waals surface area contributed by atoms with Crippen LogP contribution in [0, 0.1) is 12.7 Å². The maximum absolute atomic E-state index is 14.9. The number of carbonyl (C=O) groups is 3. The van der Waals surface area contributed by atoms with Gasteiger partial charge in [0.1, 0.15) is 40.7 Å². The summed E-state index contributed by atoms with van der Waals surface area (Å²) in [6.07, 6.45) is 0.845. The maximum atomic E-state index is 14.9. The van der Waals surface area contributed by atoms with E-state index in [4.69, 9.17) is 35.5 Å². The second kappa shape index (κ2) is 20.6. The molecular weight excluding hydrogens is 949 g/mol. The number of aromatic nitrogens is 4. The molecule has 366 valence electrons. The molecule has 0 saturated carbocycles. The van der Waals surface area contributed by atoms with Gasteiger partial charge in [-0.05, 0) is 98.0 Å². The molecule has 71 heavy (non-hydrogen) atoms.